The summed E-state index contributed by atoms with van der Waals surface area (Å²) in [5.74, 6) is 0.140. The van der Waals surface area contributed by atoms with Crippen molar-refractivity contribution in [3.63, 3.8) is 0 Å². The fourth-order valence-electron chi connectivity index (χ4n) is 6.08. The molecule has 0 amide bonds. The Morgan fingerprint density at radius 1 is 0.553 bits per heavy atom. The van der Waals surface area contributed by atoms with Gasteiger partial charge >= 0.3 is 0 Å². The van der Waals surface area contributed by atoms with E-state index >= 15 is 0 Å². The molecule has 0 saturated carbocycles. The lowest BCUT2D eigenvalue weighted by molar-refractivity contribution is -0.110. The van der Waals surface area contributed by atoms with Crippen molar-refractivity contribution in [2.24, 2.45) is 5.41 Å². The van der Waals surface area contributed by atoms with E-state index in [9.17, 15) is 4.79 Å². The van der Waals surface area contributed by atoms with Crippen LogP contribution in [0.3, 0.4) is 0 Å². The second-order valence-electron chi connectivity index (χ2n) is 13.4. The number of carbonyl (C=O) groups is 1. The van der Waals surface area contributed by atoms with Crippen LogP contribution in [-0.4, -0.2) is 5.78 Å². The van der Waals surface area contributed by atoms with Crippen molar-refractivity contribution in [3.8, 4) is 11.1 Å². The molecule has 0 heterocycles. The van der Waals surface area contributed by atoms with Crippen molar-refractivity contribution in [1.82, 2.24) is 0 Å². The van der Waals surface area contributed by atoms with E-state index in [0.29, 0.717) is 0 Å². The van der Waals surface area contributed by atoms with Gasteiger partial charge in [-0.1, -0.05) is 89.1 Å². The number of hydrogen-bond donors (Lipinski definition) is 0. The maximum atomic E-state index is 14.3. The van der Waals surface area contributed by atoms with Crippen LogP contribution in [0.2, 0.25) is 0 Å². The number of benzene rings is 3. The first kappa shape index (κ1) is 26.2. The Morgan fingerprint density at radius 2 is 1.13 bits per heavy atom. The molecular formula is C37H40O. The van der Waals surface area contributed by atoms with Crippen molar-refractivity contribution in [2.75, 3.05) is 0 Å². The highest BCUT2D eigenvalue weighted by Gasteiger charge is 2.37. The topological polar surface area (TPSA) is 17.1 Å². The van der Waals surface area contributed by atoms with Gasteiger partial charge in [-0.05, 0) is 118 Å². The van der Waals surface area contributed by atoms with Crippen molar-refractivity contribution < 1.29 is 4.79 Å². The number of allylic oxidation sites excluding steroid dienone is 5. The van der Waals surface area contributed by atoms with Crippen molar-refractivity contribution in [1.29, 1.82) is 0 Å². The zero-order valence-corrected chi connectivity index (χ0v) is 24.7. The van der Waals surface area contributed by atoms with Gasteiger partial charge in [-0.25, -0.2) is 0 Å². The largest absolute Gasteiger partial charge is 0.289 e. The quantitative estimate of drug-likeness (QED) is 0.342. The molecule has 0 N–H and O–H groups in total. The second kappa shape index (κ2) is 8.80. The molecule has 0 aliphatic heterocycles. The molecule has 38 heavy (non-hydrogen) atoms. The maximum absolute atomic E-state index is 14.3. The lowest BCUT2D eigenvalue weighted by atomic mass is 9.73. The maximum Gasteiger partial charge on any atom is 0.194 e. The summed E-state index contributed by atoms with van der Waals surface area (Å²) in [7, 11) is 0. The Labute approximate surface area is 229 Å². The van der Waals surface area contributed by atoms with Gasteiger partial charge in [0.15, 0.2) is 5.78 Å². The summed E-state index contributed by atoms with van der Waals surface area (Å²) in [6.45, 7) is 22.0. The summed E-state index contributed by atoms with van der Waals surface area (Å²) in [5, 5.41) is 0. The van der Waals surface area contributed by atoms with E-state index < -0.39 is 0 Å². The highest BCUT2D eigenvalue weighted by atomic mass is 16.1. The van der Waals surface area contributed by atoms with Crippen LogP contribution in [0, 0.1) is 33.1 Å². The minimum absolute atomic E-state index is 0.0451. The van der Waals surface area contributed by atoms with Crippen LogP contribution in [0.25, 0.3) is 28.3 Å². The third kappa shape index (κ3) is 4.33. The zero-order chi connectivity index (χ0) is 27.7. The van der Waals surface area contributed by atoms with E-state index in [4.69, 9.17) is 0 Å². The molecule has 0 bridgehead atoms. The molecule has 1 nitrogen and oxygen atoms in total. The summed E-state index contributed by atoms with van der Waals surface area (Å²) >= 11 is 0. The van der Waals surface area contributed by atoms with Gasteiger partial charge in [0.05, 0.1) is 0 Å². The first-order valence-electron chi connectivity index (χ1n) is 13.7. The molecule has 2 aliphatic carbocycles. The van der Waals surface area contributed by atoms with E-state index in [0.717, 1.165) is 39.0 Å². The molecule has 0 aromatic heterocycles. The summed E-state index contributed by atoms with van der Waals surface area (Å²) in [6.07, 6.45) is 4.43. The average molecular weight is 501 g/mol. The van der Waals surface area contributed by atoms with Gasteiger partial charge in [0.2, 0.25) is 0 Å². The highest BCUT2D eigenvalue weighted by molar-refractivity contribution is 6.39. The summed E-state index contributed by atoms with van der Waals surface area (Å²) in [6, 6.07) is 17.8. The number of fused-ring (bicyclic) bond motifs is 3. The Balaban J connectivity index is 1.77. The molecule has 5 rings (SSSR count). The summed E-state index contributed by atoms with van der Waals surface area (Å²) < 4.78 is 0. The molecular weight excluding hydrogens is 460 g/mol. The van der Waals surface area contributed by atoms with E-state index in [1.807, 2.05) is 0 Å². The monoisotopic (exact) mass is 500 g/mol. The molecule has 0 fully saturated rings. The second-order valence-corrected chi connectivity index (χ2v) is 13.4. The lowest BCUT2D eigenvalue weighted by Crippen LogP contribution is -2.20. The molecule has 0 spiro atoms. The highest BCUT2D eigenvalue weighted by Crippen LogP contribution is 2.50. The minimum Gasteiger partial charge on any atom is -0.289 e. The van der Waals surface area contributed by atoms with Crippen LogP contribution in [0.5, 0.6) is 0 Å². The number of rotatable bonds is 2. The van der Waals surface area contributed by atoms with Gasteiger partial charge in [0.1, 0.15) is 0 Å². The number of ketones is 1. The molecule has 1 heteroatoms. The standard InChI is InChI=1S/C37H40O/c1-21-11-13-26(23(3)15-21)30-17-25-18-31-29(28(25)19-32(30)36(5,6)7)20-33(37(8,9)10)34(35(31)38)27-14-12-22(2)16-24(27)4/h11-20H,1-10H3. The van der Waals surface area contributed by atoms with Gasteiger partial charge in [-0.3, -0.25) is 4.79 Å². The number of carbonyl (C=O) groups excluding carboxylic acids is 1. The van der Waals surface area contributed by atoms with Crippen molar-refractivity contribution in [3.05, 3.63) is 110 Å². The molecule has 194 valence electrons. The number of aryl methyl sites for hydroxylation is 4. The third-order valence-corrected chi connectivity index (χ3v) is 8.04. The molecule has 0 atom stereocenters. The van der Waals surface area contributed by atoms with E-state index in [2.05, 4.69) is 130 Å². The Morgan fingerprint density at radius 3 is 1.66 bits per heavy atom. The Bertz CT molecular complexity index is 1600. The summed E-state index contributed by atoms with van der Waals surface area (Å²) in [5.41, 5.74) is 15.7. The van der Waals surface area contributed by atoms with E-state index in [1.165, 1.54) is 38.9 Å². The molecule has 3 aromatic carbocycles. The number of Topliss-reactive ketones (excluding diaryl/α,β-unsaturated/α-hetero) is 1. The van der Waals surface area contributed by atoms with Crippen LogP contribution in [-0.2, 0) is 10.2 Å². The van der Waals surface area contributed by atoms with Crippen LogP contribution >= 0.6 is 0 Å². The lowest BCUT2D eigenvalue weighted by Gasteiger charge is -2.30. The fraction of sp³-hybridized carbons (Fsp3) is 0.324. The normalized spacial score (nSPS) is 15.4. The Hall–Kier alpha value is -3.45. The zero-order valence-electron chi connectivity index (χ0n) is 24.7. The molecule has 0 unspecified atom stereocenters. The predicted octanol–water partition coefficient (Wildman–Crippen LogP) is 9.75. The van der Waals surface area contributed by atoms with E-state index in [-0.39, 0.29) is 16.6 Å². The van der Waals surface area contributed by atoms with Gasteiger partial charge in [0, 0.05) is 11.1 Å². The van der Waals surface area contributed by atoms with Crippen LogP contribution in [0.1, 0.15) is 86.1 Å². The molecule has 0 saturated heterocycles. The average Bonchev–Trinajstić information content (AvgIpc) is 3.16. The van der Waals surface area contributed by atoms with Crippen LogP contribution in [0.15, 0.2) is 65.8 Å². The van der Waals surface area contributed by atoms with Gasteiger partial charge in [-0.2, -0.15) is 0 Å². The third-order valence-electron chi connectivity index (χ3n) is 8.04. The first-order chi connectivity index (χ1) is 17.7. The van der Waals surface area contributed by atoms with Gasteiger partial charge in [-0.15, -0.1) is 0 Å². The first-order valence-corrected chi connectivity index (χ1v) is 13.7. The minimum atomic E-state index is -0.171. The smallest absolute Gasteiger partial charge is 0.194 e. The van der Waals surface area contributed by atoms with Gasteiger partial charge < -0.3 is 0 Å². The predicted molar refractivity (Wildman–Crippen MR) is 163 cm³/mol. The van der Waals surface area contributed by atoms with Crippen LogP contribution < -0.4 is 0 Å². The van der Waals surface area contributed by atoms with E-state index in [1.54, 1.807) is 0 Å². The fourth-order valence-corrected chi connectivity index (χ4v) is 6.08. The van der Waals surface area contributed by atoms with Crippen LogP contribution in [0.4, 0.5) is 0 Å². The van der Waals surface area contributed by atoms with Crippen molar-refractivity contribution >= 4 is 23.0 Å². The molecule has 2 aliphatic rings. The molecule has 0 radical (unpaired) electrons. The SMILES string of the molecule is Cc1ccc(C2=C(C(C)(C)C)C=C3C(=Cc4cc(-c5ccc(C)cc5C)c(C(C)(C)C)cc43)C2=O)c(C)c1. The Kier molecular flexibility index (Phi) is 6.06. The summed E-state index contributed by atoms with van der Waals surface area (Å²) in [4.78, 5) is 14.3. The van der Waals surface area contributed by atoms with Gasteiger partial charge in [0.25, 0.3) is 0 Å². The molecule has 3 aromatic rings. The number of hydrogen-bond acceptors (Lipinski definition) is 1. The van der Waals surface area contributed by atoms with Crippen molar-refractivity contribution in [2.45, 2.75) is 74.7 Å².